The Bertz CT molecular complexity index is 2470. The molecule has 0 unspecified atom stereocenters. The lowest BCUT2D eigenvalue weighted by atomic mass is 9.97. The highest BCUT2D eigenvalue weighted by molar-refractivity contribution is 7.25. The van der Waals surface area contributed by atoms with Gasteiger partial charge in [0.15, 0.2) is 23.2 Å². The van der Waals surface area contributed by atoms with Gasteiger partial charge in [-0.3, -0.25) is 0 Å². The smallest absolute Gasteiger partial charge is 0.199 e. The standard InChI is InChI=1S/C39H23N3OS/c1-3-11-29-24(8-1)10-7-13-30(29)25-16-18-26(19-17-25)37-40-38(42-39(41-37)34-22-27-9-2-5-14-33(27)43-34)28-20-21-32-31-12-4-6-15-35(31)44-36(32)23-28/h1-23H. The van der Waals surface area contributed by atoms with Crippen LogP contribution < -0.4 is 0 Å². The average Bonchev–Trinajstić information content (AvgIpc) is 3.69. The van der Waals surface area contributed by atoms with Crippen molar-refractivity contribution in [2.75, 3.05) is 0 Å². The van der Waals surface area contributed by atoms with Gasteiger partial charge >= 0.3 is 0 Å². The second-order valence-electron chi connectivity index (χ2n) is 10.9. The third-order valence-electron chi connectivity index (χ3n) is 8.16. The third kappa shape index (κ3) is 4.17. The van der Waals surface area contributed by atoms with Crippen LogP contribution in [0.3, 0.4) is 0 Å². The van der Waals surface area contributed by atoms with Crippen molar-refractivity contribution >= 4 is 53.3 Å². The summed E-state index contributed by atoms with van der Waals surface area (Å²) in [6.07, 6.45) is 0. The lowest BCUT2D eigenvalue weighted by Crippen LogP contribution is -1.99. The van der Waals surface area contributed by atoms with Crippen molar-refractivity contribution in [1.82, 2.24) is 15.0 Å². The summed E-state index contributed by atoms with van der Waals surface area (Å²) in [5.74, 6) is 2.34. The molecule has 0 aliphatic rings. The van der Waals surface area contributed by atoms with Gasteiger partial charge in [0, 0.05) is 36.7 Å². The molecule has 0 saturated heterocycles. The van der Waals surface area contributed by atoms with Crippen molar-refractivity contribution in [2.24, 2.45) is 0 Å². The molecule has 0 spiro atoms. The zero-order valence-corrected chi connectivity index (χ0v) is 24.3. The Kier molecular flexibility index (Phi) is 5.64. The molecule has 5 heteroatoms. The van der Waals surface area contributed by atoms with E-state index >= 15 is 0 Å². The van der Waals surface area contributed by atoms with Crippen LogP contribution >= 0.6 is 11.3 Å². The highest BCUT2D eigenvalue weighted by Gasteiger charge is 2.17. The summed E-state index contributed by atoms with van der Waals surface area (Å²) >= 11 is 1.79. The third-order valence-corrected chi connectivity index (χ3v) is 9.30. The van der Waals surface area contributed by atoms with Crippen molar-refractivity contribution in [1.29, 1.82) is 0 Å². The van der Waals surface area contributed by atoms with E-state index in [1.165, 1.54) is 36.5 Å². The number of aromatic nitrogens is 3. The minimum atomic E-state index is 0.510. The molecule has 0 atom stereocenters. The topological polar surface area (TPSA) is 51.8 Å². The molecule has 44 heavy (non-hydrogen) atoms. The molecule has 0 fully saturated rings. The molecule has 0 N–H and O–H groups in total. The lowest BCUT2D eigenvalue weighted by Gasteiger charge is -2.09. The Labute approximate surface area is 256 Å². The largest absolute Gasteiger partial charge is 0.453 e. The van der Waals surface area contributed by atoms with Gasteiger partial charge in [-0.2, -0.15) is 0 Å². The van der Waals surface area contributed by atoms with E-state index in [0.29, 0.717) is 23.2 Å². The first-order valence-electron chi connectivity index (χ1n) is 14.5. The molecule has 3 heterocycles. The van der Waals surface area contributed by atoms with E-state index < -0.39 is 0 Å². The van der Waals surface area contributed by atoms with E-state index in [1.807, 2.05) is 30.3 Å². The Hall–Kier alpha value is -5.65. The van der Waals surface area contributed by atoms with Gasteiger partial charge < -0.3 is 4.42 Å². The quantitative estimate of drug-likeness (QED) is 0.207. The fourth-order valence-electron chi connectivity index (χ4n) is 5.98. The molecule has 6 aromatic carbocycles. The van der Waals surface area contributed by atoms with Gasteiger partial charge in [0.2, 0.25) is 0 Å². The normalized spacial score (nSPS) is 11.6. The first kappa shape index (κ1) is 24.9. The van der Waals surface area contributed by atoms with Crippen LogP contribution in [0.1, 0.15) is 0 Å². The number of fused-ring (bicyclic) bond motifs is 5. The van der Waals surface area contributed by atoms with Crippen molar-refractivity contribution in [3.05, 3.63) is 140 Å². The Morgan fingerprint density at radius 1 is 0.432 bits per heavy atom. The Morgan fingerprint density at radius 3 is 1.93 bits per heavy atom. The van der Waals surface area contributed by atoms with Crippen LogP contribution in [0.5, 0.6) is 0 Å². The van der Waals surface area contributed by atoms with Crippen molar-refractivity contribution < 1.29 is 4.42 Å². The van der Waals surface area contributed by atoms with Crippen LogP contribution in [-0.2, 0) is 0 Å². The monoisotopic (exact) mass is 581 g/mol. The number of furan rings is 1. The second-order valence-corrected chi connectivity index (χ2v) is 12.0. The van der Waals surface area contributed by atoms with E-state index in [9.17, 15) is 0 Å². The summed E-state index contributed by atoms with van der Waals surface area (Å²) in [5, 5.41) is 5.98. The predicted octanol–water partition coefficient (Wildman–Crippen LogP) is 10.8. The van der Waals surface area contributed by atoms with Crippen LogP contribution in [0.25, 0.3) is 87.4 Å². The first-order chi connectivity index (χ1) is 21.8. The molecular formula is C39H23N3OS. The Balaban J connectivity index is 1.19. The van der Waals surface area contributed by atoms with Crippen molar-refractivity contribution in [2.45, 2.75) is 0 Å². The molecule has 0 bridgehead atoms. The molecule has 0 radical (unpaired) electrons. The minimum absolute atomic E-state index is 0.510. The van der Waals surface area contributed by atoms with Crippen LogP contribution in [-0.4, -0.2) is 15.0 Å². The van der Waals surface area contributed by atoms with Gasteiger partial charge in [-0.25, -0.2) is 15.0 Å². The maximum atomic E-state index is 6.21. The summed E-state index contributed by atoms with van der Waals surface area (Å²) < 4.78 is 8.69. The molecule has 4 nitrogen and oxygen atoms in total. The maximum Gasteiger partial charge on any atom is 0.199 e. The van der Waals surface area contributed by atoms with Crippen LogP contribution in [0.4, 0.5) is 0 Å². The molecular weight excluding hydrogens is 559 g/mol. The fraction of sp³-hybridized carbons (Fsp3) is 0. The van der Waals surface area contributed by atoms with Gasteiger partial charge in [-0.15, -0.1) is 11.3 Å². The number of para-hydroxylation sites is 1. The summed E-state index contributed by atoms with van der Waals surface area (Å²) in [6, 6.07) is 48.3. The fourth-order valence-corrected chi connectivity index (χ4v) is 7.12. The highest BCUT2D eigenvalue weighted by Crippen LogP contribution is 2.37. The maximum absolute atomic E-state index is 6.21. The molecule has 9 aromatic rings. The van der Waals surface area contributed by atoms with Gasteiger partial charge in [-0.05, 0) is 46.2 Å². The lowest BCUT2D eigenvalue weighted by molar-refractivity contribution is 0.625. The zero-order valence-electron chi connectivity index (χ0n) is 23.4. The zero-order chi connectivity index (χ0) is 29.0. The van der Waals surface area contributed by atoms with E-state index in [0.717, 1.165) is 27.7 Å². The van der Waals surface area contributed by atoms with Crippen LogP contribution in [0, 0.1) is 0 Å². The number of thiophene rings is 1. The number of hydrogen-bond donors (Lipinski definition) is 0. The molecule has 3 aromatic heterocycles. The summed E-state index contributed by atoms with van der Waals surface area (Å²) in [4.78, 5) is 14.9. The summed E-state index contributed by atoms with van der Waals surface area (Å²) in [6.45, 7) is 0. The van der Waals surface area contributed by atoms with Gasteiger partial charge in [0.25, 0.3) is 0 Å². The Morgan fingerprint density at radius 2 is 1.07 bits per heavy atom. The minimum Gasteiger partial charge on any atom is -0.453 e. The van der Waals surface area contributed by atoms with E-state index in [2.05, 4.69) is 109 Å². The second kappa shape index (κ2) is 9.97. The molecule has 0 amide bonds. The van der Waals surface area contributed by atoms with Crippen molar-refractivity contribution in [3.63, 3.8) is 0 Å². The van der Waals surface area contributed by atoms with E-state index in [4.69, 9.17) is 19.4 Å². The van der Waals surface area contributed by atoms with Gasteiger partial charge in [-0.1, -0.05) is 115 Å². The van der Waals surface area contributed by atoms with E-state index in [-0.39, 0.29) is 0 Å². The highest BCUT2D eigenvalue weighted by atomic mass is 32.1. The molecule has 9 rings (SSSR count). The average molecular weight is 582 g/mol. The van der Waals surface area contributed by atoms with E-state index in [1.54, 1.807) is 11.3 Å². The molecule has 206 valence electrons. The molecule has 0 saturated carbocycles. The predicted molar refractivity (Wildman–Crippen MR) is 182 cm³/mol. The van der Waals surface area contributed by atoms with Crippen LogP contribution in [0.2, 0.25) is 0 Å². The number of benzene rings is 6. The van der Waals surface area contributed by atoms with Gasteiger partial charge in [0.05, 0.1) is 0 Å². The number of rotatable bonds is 4. The number of hydrogen-bond acceptors (Lipinski definition) is 5. The van der Waals surface area contributed by atoms with Crippen molar-refractivity contribution in [3.8, 4) is 45.5 Å². The van der Waals surface area contributed by atoms with Gasteiger partial charge in [0.1, 0.15) is 5.58 Å². The molecule has 0 aliphatic heterocycles. The first-order valence-corrected chi connectivity index (χ1v) is 15.3. The van der Waals surface area contributed by atoms with Crippen LogP contribution in [0.15, 0.2) is 144 Å². The molecule has 0 aliphatic carbocycles. The summed E-state index contributed by atoms with van der Waals surface area (Å²) in [5.41, 5.74) is 5.01. The SMILES string of the molecule is c1ccc2oc(-c3nc(-c4ccc(-c5cccc6ccccc56)cc4)nc(-c4ccc5c(c4)sc4ccccc45)n3)cc2c1. The summed E-state index contributed by atoms with van der Waals surface area (Å²) in [7, 11) is 0. The number of nitrogens with zero attached hydrogens (tertiary/aromatic N) is 3.